The van der Waals surface area contributed by atoms with Gasteiger partial charge in [0.05, 0.1) is 23.1 Å². The number of likely N-dealkylation sites (tertiary alicyclic amines) is 1. The molecule has 0 atom stereocenters. The van der Waals surface area contributed by atoms with Crippen molar-refractivity contribution in [2.75, 3.05) is 44.3 Å². The van der Waals surface area contributed by atoms with Crippen LogP contribution in [0.15, 0.2) is 53.2 Å². The minimum absolute atomic E-state index is 0.0260. The molecular weight excluding hydrogens is 454 g/mol. The van der Waals surface area contributed by atoms with Crippen molar-refractivity contribution < 1.29 is 14.3 Å². The fraction of sp³-hybridized carbons (Fsp3) is 0.360. The zero-order chi connectivity index (χ0) is 22.6. The van der Waals surface area contributed by atoms with E-state index in [4.69, 9.17) is 4.74 Å². The Labute approximate surface area is 201 Å². The van der Waals surface area contributed by atoms with Gasteiger partial charge in [0.2, 0.25) is 0 Å². The molecule has 172 valence electrons. The number of nitrogens with one attached hydrogen (secondary N) is 1. The Balaban J connectivity index is 1.28. The predicted molar refractivity (Wildman–Crippen MR) is 133 cm³/mol. The molecule has 0 bridgehead atoms. The number of benzene rings is 1. The lowest BCUT2D eigenvalue weighted by molar-refractivity contribution is 0.0703. The van der Waals surface area contributed by atoms with E-state index in [0.29, 0.717) is 31.9 Å². The molecule has 33 heavy (non-hydrogen) atoms. The largest absolute Gasteiger partial charge is 0.378 e. The predicted octanol–water partition coefficient (Wildman–Crippen LogP) is 4.35. The number of hydrogen-bond acceptors (Lipinski definition) is 6. The number of carbonyl (C=O) groups is 2. The number of anilines is 1. The van der Waals surface area contributed by atoms with Crippen molar-refractivity contribution in [3.8, 4) is 11.1 Å². The Bertz CT molecular complexity index is 1080. The van der Waals surface area contributed by atoms with Crippen molar-refractivity contribution in [2.45, 2.75) is 18.9 Å². The van der Waals surface area contributed by atoms with E-state index in [-0.39, 0.29) is 17.9 Å². The van der Waals surface area contributed by atoms with Crippen LogP contribution < -0.4 is 10.2 Å². The SMILES string of the molecule is O=C(NC1CCN(C(=O)c2cc(-c3ccccc3)c(N3CCOCC3)s2)CC1)c1ccsc1. The lowest BCUT2D eigenvalue weighted by atomic mass is 10.0. The first-order valence-corrected chi connectivity index (χ1v) is 13.1. The third kappa shape index (κ3) is 4.98. The second-order valence-electron chi connectivity index (χ2n) is 8.35. The van der Waals surface area contributed by atoms with Gasteiger partial charge in [0.25, 0.3) is 11.8 Å². The average molecular weight is 482 g/mol. The van der Waals surface area contributed by atoms with Gasteiger partial charge in [0.1, 0.15) is 0 Å². The number of amides is 2. The molecule has 0 saturated carbocycles. The van der Waals surface area contributed by atoms with E-state index in [1.165, 1.54) is 11.3 Å². The van der Waals surface area contributed by atoms with E-state index in [2.05, 4.69) is 28.4 Å². The molecule has 2 aliphatic rings. The van der Waals surface area contributed by atoms with Crippen molar-refractivity contribution in [1.82, 2.24) is 10.2 Å². The van der Waals surface area contributed by atoms with Crippen LogP contribution >= 0.6 is 22.7 Å². The number of morpholine rings is 1. The van der Waals surface area contributed by atoms with Crippen molar-refractivity contribution in [3.05, 3.63) is 63.7 Å². The van der Waals surface area contributed by atoms with Crippen LogP contribution in [-0.4, -0.2) is 62.1 Å². The number of piperidine rings is 1. The number of hydrogen-bond donors (Lipinski definition) is 1. The van der Waals surface area contributed by atoms with Crippen molar-refractivity contribution in [1.29, 1.82) is 0 Å². The molecule has 2 aliphatic heterocycles. The Kier molecular flexibility index (Phi) is 6.75. The van der Waals surface area contributed by atoms with E-state index in [1.807, 2.05) is 39.9 Å². The lowest BCUT2D eigenvalue weighted by Crippen LogP contribution is -2.46. The maximum atomic E-state index is 13.4. The highest BCUT2D eigenvalue weighted by Gasteiger charge is 2.28. The summed E-state index contributed by atoms with van der Waals surface area (Å²) >= 11 is 3.10. The molecule has 0 spiro atoms. The molecule has 6 nitrogen and oxygen atoms in total. The van der Waals surface area contributed by atoms with E-state index in [9.17, 15) is 9.59 Å². The molecule has 2 fully saturated rings. The zero-order valence-corrected chi connectivity index (χ0v) is 20.0. The summed E-state index contributed by atoms with van der Waals surface area (Å²) in [5, 5.41) is 8.03. The molecule has 4 heterocycles. The highest BCUT2D eigenvalue weighted by molar-refractivity contribution is 7.18. The second kappa shape index (κ2) is 10.1. The minimum Gasteiger partial charge on any atom is -0.378 e. The van der Waals surface area contributed by atoms with Crippen LogP contribution in [0.2, 0.25) is 0 Å². The summed E-state index contributed by atoms with van der Waals surface area (Å²) in [5.41, 5.74) is 2.95. The third-order valence-corrected chi connectivity index (χ3v) is 8.07. The number of ether oxygens (including phenoxy) is 1. The minimum atomic E-state index is -0.0260. The van der Waals surface area contributed by atoms with E-state index in [1.54, 1.807) is 11.3 Å². The first-order valence-electron chi connectivity index (χ1n) is 11.3. The Morgan fingerprint density at radius 1 is 1.00 bits per heavy atom. The van der Waals surface area contributed by atoms with Gasteiger partial charge < -0.3 is 19.9 Å². The average Bonchev–Trinajstić information content (AvgIpc) is 3.56. The lowest BCUT2D eigenvalue weighted by Gasteiger charge is -2.32. The summed E-state index contributed by atoms with van der Waals surface area (Å²) in [7, 11) is 0. The third-order valence-electron chi connectivity index (χ3n) is 6.21. The summed E-state index contributed by atoms with van der Waals surface area (Å²) < 4.78 is 5.54. The molecule has 1 N–H and O–H groups in total. The Hall–Kier alpha value is -2.68. The maximum absolute atomic E-state index is 13.4. The molecule has 0 radical (unpaired) electrons. The summed E-state index contributed by atoms with van der Waals surface area (Å²) in [5.74, 6) is 0.0567. The second-order valence-corrected chi connectivity index (χ2v) is 10.2. The van der Waals surface area contributed by atoms with E-state index < -0.39 is 0 Å². The van der Waals surface area contributed by atoms with Gasteiger partial charge in [-0.3, -0.25) is 9.59 Å². The van der Waals surface area contributed by atoms with Gasteiger partial charge in [-0.25, -0.2) is 0 Å². The van der Waals surface area contributed by atoms with Crippen LogP contribution in [-0.2, 0) is 4.74 Å². The molecule has 0 aliphatic carbocycles. The van der Waals surface area contributed by atoms with Gasteiger partial charge in [-0.2, -0.15) is 11.3 Å². The molecule has 0 unspecified atom stereocenters. The summed E-state index contributed by atoms with van der Waals surface area (Å²) in [4.78, 5) is 30.8. The van der Waals surface area contributed by atoms with Gasteiger partial charge >= 0.3 is 0 Å². The first-order chi connectivity index (χ1) is 16.2. The van der Waals surface area contributed by atoms with Gasteiger partial charge in [0.15, 0.2) is 0 Å². The summed E-state index contributed by atoms with van der Waals surface area (Å²) in [6, 6.07) is 14.3. The van der Waals surface area contributed by atoms with Crippen molar-refractivity contribution >= 4 is 39.5 Å². The number of carbonyl (C=O) groups excluding carboxylic acids is 2. The smallest absolute Gasteiger partial charge is 0.264 e. The van der Waals surface area contributed by atoms with Gasteiger partial charge in [-0.05, 0) is 35.9 Å². The monoisotopic (exact) mass is 481 g/mol. The number of nitrogens with zero attached hydrogens (tertiary/aromatic N) is 2. The van der Waals surface area contributed by atoms with Gasteiger partial charge in [-0.15, -0.1) is 11.3 Å². The number of rotatable bonds is 5. The van der Waals surface area contributed by atoms with Crippen LogP contribution in [0.25, 0.3) is 11.1 Å². The van der Waals surface area contributed by atoms with Crippen LogP contribution in [0.5, 0.6) is 0 Å². The van der Waals surface area contributed by atoms with E-state index in [0.717, 1.165) is 46.9 Å². The van der Waals surface area contributed by atoms with Crippen LogP contribution in [0.4, 0.5) is 5.00 Å². The summed E-state index contributed by atoms with van der Waals surface area (Å²) in [6.07, 6.45) is 1.55. The molecule has 1 aromatic carbocycles. The molecule has 2 saturated heterocycles. The highest BCUT2D eigenvalue weighted by atomic mass is 32.1. The molecule has 8 heteroatoms. The summed E-state index contributed by atoms with van der Waals surface area (Å²) in [6.45, 7) is 4.39. The van der Waals surface area contributed by atoms with E-state index >= 15 is 0 Å². The van der Waals surface area contributed by atoms with Gasteiger partial charge in [0, 0.05) is 48.7 Å². The topological polar surface area (TPSA) is 61.9 Å². The van der Waals surface area contributed by atoms with Crippen molar-refractivity contribution in [3.63, 3.8) is 0 Å². The van der Waals surface area contributed by atoms with Crippen molar-refractivity contribution in [2.24, 2.45) is 0 Å². The quantitative estimate of drug-likeness (QED) is 0.589. The molecule has 2 aromatic heterocycles. The zero-order valence-electron chi connectivity index (χ0n) is 18.4. The van der Waals surface area contributed by atoms with Crippen LogP contribution in [0, 0.1) is 0 Å². The number of thiophene rings is 2. The molecule has 5 rings (SSSR count). The highest BCUT2D eigenvalue weighted by Crippen LogP contribution is 2.40. The van der Waals surface area contributed by atoms with Gasteiger partial charge in [-0.1, -0.05) is 30.3 Å². The fourth-order valence-electron chi connectivity index (χ4n) is 4.36. The molecule has 3 aromatic rings. The standard InChI is InChI=1S/C25H27N3O3S2/c29-23(19-8-15-32-17-19)26-20-6-9-27(10-7-20)24(30)22-16-21(18-4-2-1-3-5-18)25(33-22)28-11-13-31-14-12-28/h1-5,8,15-17,20H,6-7,9-14H2,(H,26,29). The fourth-order valence-corrected chi connectivity index (χ4v) is 6.19. The Morgan fingerprint density at radius 3 is 2.45 bits per heavy atom. The normalized spacial score (nSPS) is 17.2. The molecule has 2 amide bonds. The maximum Gasteiger partial charge on any atom is 0.264 e. The van der Waals surface area contributed by atoms with Crippen LogP contribution in [0.1, 0.15) is 32.9 Å². The van der Waals surface area contributed by atoms with Crippen LogP contribution in [0.3, 0.4) is 0 Å². The first kappa shape index (κ1) is 22.1. The Morgan fingerprint density at radius 2 is 1.76 bits per heavy atom. The molecular formula is C25H27N3O3S2.